The molecule has 0 aromatic heterocycles. The van der Waals surface area contributed by atoms with Gasteiger partial charge in [0.15, 0.2) is 0 Å². The predicted molar refractivity (Wildman–Crippen MR) is 55.6 cm³/mol. The maximum atomic E-state index is 11.3. The summed E-state index contributed by atoms with van der Waals surface area (Å²) in [4.78, 5) is 21.9. The molecule has 1 amide bonds. The Bertz CT molecular complexity index is 244. The lowest BCUT2D eigenvalue weighted by Crippen LogP contribution is -2.42. The third-order valence-electron chi connectivity index (χ3n) is 1.88. The molecule has 0 saturated heterocycles. The summed E-state index contributed by atoms with van der Waals surface area (Å²) in [5.41, 5.74) is -0.573. The molecule has 0 aromatic rings. The van der Waals surface area contributed by atoms with Crippen LogP contribution in [0.4, 0.5) is 4.79 Å². The van der Waals surface area contributed by atoms with Gasteiger partial charge in [0.25, 0.3) is 0 Å². The first-order valence-corrected chi connectivity index (χ1v) is 4.86. The molecule has 15 heavy (non-hydrogen) atoms. The smallest absolute Gasteiger partial charge is 0.407 e. The van der Waals surface area contributed by atoms with Crippen molar-refractivity contribution in [1.82, 2.24) is 5.32 Å². The van der Waals surface area contributed by atoms with Crippen LogP contribution < -0.4 is 5.32 Å². The molecule has 2 N–H and O–H groups in total. The van der Waals surface area contributed by atoms with E-state index in [2.05, 4.69) is 5.32 Å². The number of hydrogen-bond acceptors (Lipinski definition) is 3. The van der Waals surface area contributed by atoms with Crippen molar-refractivity contribution in [3.63, 3.8) is 0 Å². The SMILES string of the molecule is CC(NC(=O)OC(C)(C)C)C(C)C(=O)O. The fourth-order valence-electron chi connectivity index (χ4n) is 0.832. The van der Waals surface area contributed by atoms with Crippen LogP contribution in [0.15, 0.2) is 0 Å². The largest absolute Gasteiger partial charge is 0.481 e. The number of carbonyl (C=O) groups excluding carboxylic acids is 1. The van der Waals surface area contributed by atoms with Crippen molar-refractivity contribution >= 4 is 12.1 Å². The minimum atomic E-state index is -0.946. The van der Waals surface area contributed by atoms with Crippen molar-refractivity contribution in [3.05, 3.63) is 0 Å². The zero-order valence-corrected chi connectivity index (χ0v) is 9.83. The van der Waals surface area contributed by atoms with Crippen LogP contribution in [-0.2, 0) is 9.53 Å². The number of nitrogens with one attached hydrogen (secondary N) is 1. The first kappa shape index (κ1) is 13.7. The summed E-state index contributed by atoms with van der Waals surface area (Å²) in [7, 11) is 0. The van der Waals surface area contributed by atoms with Gasteiger partial charge in [0.1, 0.15) is 5.60 Å². The highest BCUT2D eigenvalue weighted by Crippen LogP contribution is 2.08. The quantitative estimate of drug-likeness (QED) is 0.753. The Morgan fingerprint density at radius 1 is 1.27 bits per heavy atom. The van der Waals surface area contributed by atoms with Crippen molar-refractivity contribution in [3.8, 4) is 0 Å². The second kappa shape index (κ2) is 5.00. The summed E-state index contributed by atoms with van der Waals surface area (Å²) in [6, 6.07) is -0.461. The molecule has 0 fully saturated rings. The molecule has 0 rings (SSSR count). The summed E-state index contributed by atoms with van der Waals surface area (Å²) in [6.07, 6.45) is -0.594. The maximum Gasteiger partial charge on any atom is 0.407 e. The Morgan fingerprint density at radius 3 is 2.07 bits per heavy atom. The highest BCUT2D eigenvalue weighted by Gasteiger charge is 2.23. The van der Waals surface area contributed by atoms with E-state index in [4.69, 9.17) is 9.84 Å². The van der Waals surface area contributed by atoms with E-state index in [1.807, 2.05) is 0 Å². The second-order valence-corrected chi connectivity index (χ2v) is 4.56. The van der Waals surface area contributed by atoms with Gasteiger partial charge >= 0.3 is 12.1 Å². The lowest BCUT2D eigenvalue weighted by molar-refractivity contribution is -0.141. The Balaban J connectivity index is 4.13. The Labute approximate surface area is 89.8 Å². The van der Waals surface area contributed by atoms with Crippen LogP contribution in [0.2, 0.25) is 0 Å². The topological polar surface area (TPSA) is 75.6 Å². The van der Waals surface area contributed by atoms with Gasteiger partial charge < -0.3 is 15.2 Å². The normalized spacial score (nSPS) is 15.3. The van der Waals surface area contributed by atoms with Gasteiger partial charge in [-0.15, -0.1) is 0 Å². The zero-order valence-electron chi connectivity index (χ0n) is 9.83. The molecular weight excluding hydrogens is 198 g/mol. The van der Waals surface area contributed by atoms with Crippen molar-refractivity contribution in [2.75, 3.05) is 0 Å². The molecule has 0 aliphatic rings. The van der Waals surface area contributed by atoms with Crippen LogP contribution in [-0.4, -0.2) is 28.8 Å². The second-order valence-electron chi connectivity index (χ2n) is 4.56. The van der Waals surface area contributed by atoms with Crippen molar-refractivity contribution in [1.29, 1.82) is 0 Å². The average molecular weight is 217 g/mol. The van der Waals surface area contributed by atoms with Crippen molar-refractivity contribution in [2.45, 2.75) is 46.3 Å². The van der Waals surface area contributed by atoms with Gasteiger partial charge in [0.2, 0.25) is 0 Å². The molecule has 5 nitrogen and oxygen atoms in total. The van der Waals surface area contributed by atoms with Gasteiger partial charge in [0, 0.05) is 6.04 Å². The van der Waals surface area contributed by atoms with Crippen LogP contribution in [0.1, 0.15) is 34.6 Å². The summed E-state index contributed by atoms with van der Waals surface area (Å²) < 4.78 is 5.00. The van der Waals surface area contributed by atoms with E-state index in [0.717, 1.165) is 0 Å². The molecule has 0 heterocycles. The van der Waals surface area contributed by atoms with E-state index in [1.54, 1.807) is 27.7 Å². The molecular formula is C10H19NO4. The highest BCUT2D eigenvalue weighted by molar-refractivity contribution is 5.73. The van der Waals surface area contributed by atoms with Crippen LogP contribution in [0, 0.1) is 5.92 Å². The lowest BCUT2D eigenvalue weighted by atomic mass is 10.0. The molecule has 5 heteroatoms. The molecule has 0 bridgehead atoms. The zero-order chi connectivity index (χ0) is 12.2. The molecule has 0 aliphatic carbocycles. The highest BCUT2D eigenvalue weighted by atomic mass is 16.6. The van der Waals surface area contributed by atoms with Gasteiger partial charge in [-0.1, -0.05) is 0 Å². The Kier molecular flexibility index (Phi) is 4.58. The van der Waals surface area contributed by atoms with Crippen molar-refractivity contribution < 1.29 is 19.4 Å². The van der Waals surface area contributed by atoms with Gasteiger partial charge in [-0.2, -0.15) is 0 Å². The monoisotopic (exact) mass is 217 g/mol. The number of hydrogen-bond donors (Lipinski definition) is 2. The number of aliphatic carboxylic acids is 1. The molecule has 0 aromatic carbocycles. The molecule has 0 radical (unpaired) electrons. The number of alkyl carbamates (subject to hydrolysis) is 1. The first-order valence-electron chi connectivity index (χ1n) is 4.86. The summed E-state index contributed by atoms with van der Waals surface area (Å²) in [5, 5.41) is 11.2. The Morgan fingerprint density at radius 2 is 1.73 bits per heavy atom. The third kappa shape index (κ3) is 5.93. The van der Waals surface area contributed by atoms with Crippen LogP contribution in [0.5, 0.6) is 0 Å². The van der Waals surface area contributed by atoms with E-state index < -0.39 is 29.6 Å². The van der Waals surface area contributed by atoms with Crippen molar-refractivity contribution in [2.24, 2.45) is 5.92 Å². The van der Waals surface area contributed by atoms with E-state index in [9.17, 15) is 9.59 Å². The number of rotatable bonds is 3. The number of carboxylic acid groups (broad SMARTS) is 1. The average Bonchev–Trinajstić information content (AvgIpc) is 1.98. The molecule has 2 unspecified atom stereocenters. The van der Waals surface area contributed by atoms with Gasteiger partial charge in [-0.3, -0.25) is 4.79 Å². The predicted octanol–water partition coefficient (Wildman–Crippen LogP) is 1.62. The fraction of sp³-hybridized carbons (Fsp3) is 0.800. The third-order valence-corrected chi connectivity index (χ3v) is 1.88. The number of amides is 1. The maximum absolute atomic E-state index is 11.3. The molecule has 0 spiro atoms. The van der Waals surface area contributed by atoms with E-state index in [-0.39, 0.29) is 0 Å². The molecule has 0 aliphatic heterocycles. The first-order chi connectivity index (χ1) is 6.63. The van der Waals surface area contributed by atoms with E-state index in [0.29, 0.717) is 0 Å². The van der Waals surface area contributed by atoms with Crippen LogP contribution in [0.25, 0.3) is 0 Å². The minimum Gasteiger partial charge on any atom is -0.481 e. The summed E-state index contributed by atoms with van der Waals surface area (Å²) >= 11 is 0. The molecule has 0 saturated carbocycles. The molecule has 88 valence electrons. The van der Waals surface area contributed by atoms with E-state index in [1.165, 1.54) is 6.92 Å². The van der Waals surface area contributed by atoms with Crippen LogP contribution >= 0.6 is 0 Å². The van der Waals surface area contributed by atoms with E-state index >= 15 is 0 Å². The Hall–Kier alpha value is -1.26. The number of carbonyl (C=O) groups is 2. The number of ether oxygens (including phenoxy) is 1. The van der Waals surface area contributed by atoms with Crippen LogP contribution in [0.3, 0.4) is 0 Å². The standard InChI is InChI=1S/C10H19NO4/c1-6(8(12)13)7(2)11-9(14)15-10(3,4)5/h6-7H,1-5H3,(H,11,14)(H,12,13). The van der Waals surface area contributed by atoms with Gasteiger partial charge in [-0.05, 0) is 34.6 Å². The summed E-state index contributed by atoms with van der Waals surface area (Å²) in [6.45, 7) is 8.40. The van der Waals surface area contributed by atoms with Gasteiger partial charge in [-0.25, -0.2) is 4.79 Å². The minimum absolute atomic E-state index is 0.461. The number of carboxylic acids is 1. The summed E-state index contributed by atoms with van der Waals surface area (Å²) in [5.74, 6) is -1.59. The molecule has 2 atom stereocenters. The fourth-order valence-corrected chi connectivity index (χ4v) is 0.832. The van der Waals surface area contributed by atoms with Gasteiger partial charge in [0.05, 0.1) is 5.92 Å². The lowest BCUT2D eigenvalue weighted by Gasteiger charge is -2.23.